The number of carbonyl (C=O) groups excluding carboxylic acids is 2. The third-order valence-electron chi connectivity index (χ3n) is 7.72. The summed E-state index contributed by atoms with van der Waals surface area (Å²) < 4.78 is 59.7. The largest absolute Gasteiger partial charge is 0.439 e. The standard InChI is InChI=1S/C32H40F2N6O5S.ClH/c1-4-5-6-13-40(32(42)37-28-17-25(31(35)41)26(33)18-27(28)34)24-11-14-39(15-12-24)20-22-7-10-30(36-19-22)45-29-9-8-23(16-21(29)2)38-46(3,43)44;/h7-10,16-19,24,38H,4-6,11-15,20H2,1-3H3,(H2,35,41)(H,37,42);1H. The van der Waals surface area contributed by atoms with Gasteiger partial charge in [0.05, 0.1) is 17.5 Å². The van der Waals surface area contributed by atoms with Gasteiger partial charge in [-0.2, -0.15) is 0 Å². The number of piperidine rings is 1. The summed E-state index contributed by atoms with van der Waals surface area (Å²) >= 11 is 0. The van der Waals surface area contributed by atoms with Crippen LogP contribution in [0.3, 0.4) is 0 Å². The molecule has 3 amide bonds. The molecule has 1 aliphatic rings. The smallest absolute Gasteiger partial charge is 0.322 e. The molecule has 1 aliphatic heterocycles. The molecule has 47 heavy (non-hydrogen) atoms. The lowest BCUT2D eigenvalue weighted by molar-refractivity contribution is 0.0996. The van der Waals surface area contributed by atoms with Gasteiger partial charge in [-0.05, 0) is 61.6 Å². The summed E-state index contributed by atoms with van der Waals surface area (Å²) in [5.41, 5.74) is 6.59. The van der Waals surface area contributed by atoms with Gasteiger partial charge in [0.2, 0.25) is 15.9 Å². The minimum atomic E-state index is -3.38. The SMILES string of the molecule is CCCCCN(C(=O)Nc1cc(C(N)=O)c(F)cc1F)C1CCN(Cc2ccc(Oc3ccc(NS(C)(=O)=O)cc3C)nc2)CC1.Cl. The van der Waals surface area contributed by atoms with Gasteiger partial charge in [0.15, 0.2) is 0 Å². The number of aryl methyl sites for hydroxylation is 1. The van der Waals surface area contributed by atoms with Crippen LogP contribution in [0, 0.1) is 18.6 Å². The number of rotatable bonds is 13. The Morgan fingerprint density at radius 3 is 2.40 bits per heavy atom. The Kier molecular flexibility index (Phi) is 13.3. The van der Waals surface area contributed by atoms with E-state index >= 15 is 0 Å². The zero-order chi connectivity index (χ0) is 33.4. The van der Waals surface area contributed by atoms with E-state index in [1.807, 2.05) is 13.0 Å². The molecule has 4 N–H and O–H groups in total. The van der Waals surface area contributed by atoms with Crippen molar-refractivity contribution in [2.24, 2.45) is 5.73 Å². The number of hydrogen-bond donors (Lipinski definition) is 3. The van der Waals surface area contributed by atoms with Crippen LogP contribution in [0.2, 0.25) is 0 Å². The highest BCUT2D eigenvalue weighted by Crippen LogP contribution is 2.28. The number of unbranched alkanes of at least 4 members (excludes halogenated alkanes) is 2. The number of nitrogens with zero attached hydrogens (tertiary/aromatic N) is 3. The van der Waals surface area contributed by atoms with E-state index in [9.17, 15) is 26.8 Å². The Morgan fingerprint density at radius 1 is 1.09 bits per heavy atom. The summed E-state index contributed by atoms with van der Waals surface area (Å²) in [6.45, 7) is 6.47. The lowest BCUT2D eigenvalue weighted by Crippen LogP contribution is -2.49. The van der Waals surface area contributed by atoms with E-state index in [1.165, 1.54) is 0 Å². The first kappa shape index (κ1) is 37.4. The highest BCUT2D eigenvalue weighted by molar-refractivity contribution is 7.92. The van der Waals surface area contributed by atoms with Gasteiger partial charge in [-0.25, -0.2) is 27.0 Å². The number of urea groups is 1. The molecule has 0 atom stereocenters. The van der Waals surface area contributed by atoms with Crippen LogP contribution in [0.1, 0.15) is 60.5 Å². The fourth-order valence-electron chi connectivity index (χ4n) is 5.37. The average Bonchev–Trinajstić information content (AvgIpc) is 2.98. The zero-order valence-electron chi connectivity index (χ0n) is 26.6. The van der Waals surface area contributed by atoms with E-state index in [4.69, 9.17) is 10.5 Å². The number of aromatic nitrogens is 1. The molecule has 15 heteroatoms. The van der Waals surface area contributed by atoms with Crippen molar-refractivity contribution in [2.45, 2.75) is 58.5 Å². The van der Waals surface area contributed by atoms with Gasteiger partial charge in [0.25, 0.3) is 5.91 Å². The normalized spacial score (nSPS) is 13.8. The highest BCUT2D eigenvalue weighted by Gasteiger charge is 2.29. The van der Waals surface area contributed by atoms with Crippen LogP contribution in [0.4, 0.5) is 25.0 Å². The second kappa shape index (κ2) is 16.7. The van der Waals surface area contributed by atoms with Crippen molar-refractivity contribution in [3.63, 3.8) is 0 Å². The summed E-state index contributed by atoms with van der Waals surface area (Å²) in [5, 5.41) is 2.52. The topological polar surface area (TPSA) is 147 Å². The molecule has 0 spiro atoms. The van der Waals surface area contributed by atoms with Crippen molar-refractivity contribution < 1.29 is 31.5 Å². The van der Waals surface area contributed by atoms with E-state index in [1.54, 1.807) is 35.4 Å². The van der Waals surface area contributed by atoms with Crippen LogP contribution < -0.4 is 20.5 Å². The molecular formula is C32H41ClF2N6O5S. The van der Waals surface area contributed by atoms with Crippen molar-refractivity contribution >= 4 is 45.7 Å². The molecule has 0 saturated carbocycles. The lowest BCUT2D eigenvalue weighted by atomic mass is 10.0. The van der Waals surface area contributed by atoms with Crippen LogP contribution in [-0.2, 0) is 16.6 Å². The number of primary amides is 1. The molecule has 4 rings (SSSR count). The maximum Gasteiger partial charge on any atom is 0.322 e. The van der Waals surface area contributed by atoms with E-state index < -0.39 is 39.2 Å². The van der Waals surface area contributed by atoms with Crippen molar-refractivity contribution in [3.8, 4) is 11.6 Å². The molecule has 2 aromatic carbocycles. The van der Waals surface area contributed by atoms with Gasteiger partial charge in [-0.1, -0.05) is 25.8 Å². The Hall–Kier alpha value is -4.01. The Bertz CT molecular complexity index is 1650. The number of likely N-dealkylation sites (tertiary alicyclic amines) is 1. The molecule has 3 aromatic rings. The van der Waals surface area contributed by atoms with Crippen LogP contribution in [-0.4, -0.2) is 67.1 Å². The summed E-state index contributed by atoms with van der Waals surface area (Å²) in [5.74, 6) is -2.16. The molecule has 256 valence electrons. The molecule has 0 bridgehead atoms. The number of benzene rings is 2. The van der Waals surface area contributed by atoms with Crippen molar-refractivity contribution in [1.29, 1.82) is 0 Å². The summed E-state index contributed by atoms with van der Waals surface area (Å²) in [6, 6.07) is 9.59. The van der Waals surface area contributed by atoms with Crippen LogP contribution in [0.25, 0.3) is 0 Å². The number of nitrogens with two attached hydrogens (primary N) is 1. The van der Waals surface area contributed by atoms with Gasteiger partial charge in [-0.15, -0.1) is 12.4 Å². The molecule has 1 saturated heterocycles. The second-order valence-corrected chi connectivity index (χ2v) is 13.2. The van der Waals surface area contributed by atoms with E-state index in [-0.39, 0.29) is 24.1 Å². The zero-order valence-corrected chi connectivity index (χ0v) is 28.2. The maximum absolute atomic E-state index is 14.5. The summed E-state index contributed by atoms with van der Waals surface area (Å²) in [6.07, 6.45) is 6.92. The van der Waals surface area contributed by atoms with Gasteiger partial charge < -0.3 is 20.7 Å². The predicted octanol–water partition coefficient (Wildman–Crippen LogP) is 6.04. The molecular weight excluding hydrogens is 654 g/mol. The first-order chi connectivity index (χ1) is 21.8. The fraction of sp³-hybridized carbons (Fsp3) is 0.406. The van der Waals surface area contributed by atoms with E-state index in [0.717, 1.165) is 55.8 Å². The number of halogens is 3. The number of ether oxygens (including phenoxy) is 1. The minimum absolute atomic E-state index is 0. The van der Waals surface area contributed by atoms with Crippen LogP contribution in [0.5, 0.6) is 11.6 Å². The number of carbonyl (C=O) groups is 2. The Labute approximate surface area is 280 Å². The summed E-state index contributed by atoms with van der Waals surface area (Å²) in [4.78, 5) is 33.3. The Morgan fingerprint density at radius 2 is 1.81 bits per heavy atom. The van der Waals surface area contributed by atoms with Crippen molar-refractivity contribution in [2.75, 3.05) is 35.9 Å². The Balaban J connectivity index is 0.00000600. The van der Waals surface area contributed by atoms with Gasteiger partial charge >= 0.3 is 6.03 Å². The molecule has 0 unspecified atom stereocenters. The van der Waals surface area contributed by atoms with Gasteiger partial charge in [0.1, 0.15) is 17.4 Å². The third kappa shape index (κ3) is 10.8. The number of hydrogen-bond acceptors (Lipinski definition) is 7. The van der Waals surface area contributed by atoms with Gasteiger partial charge in [-0.3, -0.25) is 14.4 Å². The van der Waals surface area contributed by atoms with Crippen LogP contribution in [0.15, 0.2) is 48.7 Å². The van der Waals surface area contributed by atoms with E-state index in [0.29, 0.717) is 49.3 Å². The average molecular weight is 695 g/mol. The predicted molar refractivity (Wildman–Crippen MR) is 180 cm³/mol. The molecule has 1 fully saturated rings. The van der Waals surface area contributed by atoms with Crippen molar-refractivity contribution in [1.82, 2.24) is 14.8 Å². The highest BCUT2D eigenvalue weighted by atomic mass is 35.5. The molecule has 11 nitrogen and oxygen atoms in total. The quantitative estimate of drug-likeness (QED) is 0.185. The summed E-state index contributed by atoms with van der Waals surface area (Å²) in [7, 11) is -3.38. The number of anilines is 2. The monoisotopic (exact) mass is 694 g/mol. The van der Waals surface area contributed by atoms with Crippen molar-refractivity contribution in [3.05, 3.63) is 77.0 Å². The fourth-order valence-corrected chi connectivity index (χ4v) is 5.92. The van der Waals surface area contributed by atoms with Gasteiger partial charge in [0, 0.05) is 56.2 Å². The molecule has 2 heterocycles. The number of sulfonamides is 1. The first-order valence-corrected chi connectivity index (χ1v) is 17.0. The first-order valence-electron chi connectivity index (χ1n) is 15.1. The third-order valence-corrected chi connectivity index (χ3v) is 8.33. The van der Waals surface area contributed by atoms with Crippen LogP contribution >= 0.6 is 12.4 Å². The molecule has 1 aromatic heterocycles. The van der Waals surface area contributed by atoms with E-state index in [2.05, 4.69) is 26.8 Å². The second-order valence-electron chi connectivity index (χ2n) is 11.5. The number of pyridine rings is 1. The lowest BCUT2D eigenvalue weighted by Gasteiger charge is -2.38. The number of nitrogens with one attached hydrogen (secondary N) is 2. The molecule has 0 aliphatic carbocycles. The maximum atomic E-state index is 14.5. The minimum Gasteiger partial charge on any atom is -0.439 e. The number of amides is 3. The molecule has 0 radical (unpaired) electrons.